The highest BCUT2D eigenvalue weighted by Gasteiger charge is 2.30. The standard InChI is InChI=1S/C22H22F3N3O2/c1-14(2)28(21(29)16-9-7-15(3)8-10-16)12-11-19-26-20(27-30-19)17-5-4-6-18(13-17)22(23,24)25/h4-10,13-14H,11-12H2,1-3H3. The smallest absolute Gasteiger partial charge is 0.339 e. The maximum absolute atomic E-state index is 12.9. The van der Waals surface area contributed by atoms with Crippen molar-refractivity contribution in [2.75, 3.05) is 6.54 Å². The van der Waals surface area contributed by atoms with Crippen LogP contribution in [0, 0.1) is 6.92 Å². The van der Waals surface area contributed by atoms with Crippen molar-refractivity contribution in [3.8, 4) is 11.4 Å². The molecule has 0 aliphatic carbocycles. The summed E-state index contributed by atoms with van der Waals surface area (Å²) in [5, 5.41) is 3.79. The van der Waals surface area contributed by atoms with E-state index in [1.165, 1.54) is 12.1 Å². The van der Waals surface area contributed by atoms with E-state index < -0.39 is 11.7 Å². The number of carbonyl (C=O) groups is 1. The third-order valence-electron chi connectivity index (χ3n) is 4.67. The van der Waals surface area contributed by atoms with Crippen LogP contribution in [0.2, 0.25) is 0 Å². The summed E-state index contributed by atoms with van der Waals surface area (Å²) in [6.07, 6.45) is -4.15. The molecule has 1 aromatic heterocycles. The van der Waals surface area contributed by atoms with E-state index in [1.54, 1.807) is 17.0 Å². The Bertz CT molecular complexity index is 1010. The van der Waals surface area contributed by atoms with Crippen LogP contribution >= 0.6 is 0 Å². The zero-order chi connectivity index (χ0) is 21.9. The summed E-state index contributed by atoms with van der Waals surface area (Å²) in [7, 11) is 0. The zero-order valence-corrected chi connectivity index (χ0v) is 16.9. The van der Waals surface area contributed by atoms with Gasteiger partial charge in [-0.25, -0.2) is 0 Å². The highest BCUT2D eigenvalue weighted by Crippen LogP contribution is 2.31. The first kappa shape index (κ1) is 21.5. The summed E-state index contributed by atoms with van der Waals surface area (Å²) in [6, 6.07) is 12.0. The van der Waals surface area contributed by atoms with E-state index in [9.17, 15) is 18.0 Å². The van der Waals surface area contributed by atoms with E-state index in [1.807, 2.05) is 32.9 Å². The molecule has 0 N–H and O–H groups in total. The highest BCUT2D eigenvalue weighted by atomic mass is 19.4. The summed E-state index contributed by atoms with van der Waals surface area (Å²) in [6.45, 7) is 6.11. The third kappa shape index (κ3) is 5.06. The molecule has 0 bridgehead atoms. The van der Waals surface area contributed by atoms with Crippen LogP contribution in [0.5, 0.6) is 0 Å². The zero-order valence-electron chi connectivity index (χ0n) is 16.9. The maximum atomic E-state index is 12.9. The summed E-state index contributed by atoms with van der Waals surface area (Å²) >= 11 is 0. The van der Waals surface area contributed by atoms with Crippen molar-refractivity contribution in [1.82, 2.24) is 15.0 Å². The fourth-order valence-electron chi connectivity index (χ4n) is 2.98. The van der Waals surface area contributed by atoms with Gasteiger partial charge in [-0.1, -0.05) is 35.0 Å². The monoisotopic (exact) mass is 417 g/mol. The SMILES string of the molecule is Cc1ccc(C(=O)N(CCc2nc(-c3cccc(C(F)(F)F)c3)no2)C(C)C)cc1. The molecule has 1 amide bonds. The molecule has 2 aromatic carbocycles. The van der Waals surface area contributed by atoms with E-state index in [0.717, 1.165) is 17.7 Å². The molecule has 0 unspecified atom stereocenters. The number of halogens is 3. The van der Waals surface area contributed by atoms with Gasteiger partial charge in [0.15, 0.2) is 0 Å². The number of aromatic nitrogens is 2. The number of alkyl halides is 3. The normalized spacial score (nSPS) is 11.7. The van der Waals surface area contributed by atoms with E-state index in [4.69, 9.17) is 4.52 Å². The minimum atomic E-state index is -4.45. The first-order valence-electron chi connectivity index (χ1n) is 9.53. The Morgan fingerprint density at radius 2 is 1.83 bits per heavy atom. The first-order valence-corrected chi connectivity index (χ1v) is 9.53. The van der Waals surface area contributed by atoms with Crippen molar-refractivity contribution in [2.45, 2.75) is 39.4 Å². The Balaban J connectivity index is 1.72. The maximum Gasteiger partial charge on any atom is 0.416 e. The highest BCUT2D eigenvalue weighted by molar-refractivity contribution is 5.94. The van der Waals surface area contributed by atoms with Crippen molar-refractivity contribution in [2.24, 2.45) is 0 Å². The molecule has 0 fully saturated rings. The van der Waals surface area contributed by atoms with Crippen molar-refractivity contribution < 1.29 is 22.5 Å². The van der Waals surface area contributed by atoms with Gasteiger partial charge in [-0.05, 0) is 45.0 Å². The van der Waals surface area contributed by atoms with Gasteiger partial charge < -0.3 is 9.42 Å². The van der Waals surface area contributed by atoms with E-state index in [0.29, 0.717) is 18.5 Å². The van der Waals surface area contributed by atoms with Crippen LogP contribution in [0.15, 0.2) is 53.1 Å². The van der Waals surface area contributed by atoms with Gasteiger partial charge >= 0.3 is 6.18 Å². The van der Waals surface area contributed by atoms with Crippen molar-refractivity contribution in [3.63, 3.8) is 0 Å². The summed E-state index contributed by atoms with van der Waals surface area (Å²) in [5.41, 5.74) is 1.09. The Morgan fingerprint density at radius 3 is 2.47 bits per heavy atom. The average Bonchev–Trinajstić information content (AvgIpc) is 3.17. The number of nitrogens with zero attached hydrogens (tertiary/aromatic N) is 3. The molecule has 3 rings (SSSR count). The van der Waals surface area contributed by atoms with Crippen LogP contribution in [0.1, 0.15) is 41.2 Å². The summed E-state index contributed by atoms with van der Waals surface area (Å²) in [5.74, 6) is 0.226. The quantitative estimate of drug-likeness (QED) is 0.556. The number of hydrogen-bond donors (Lipinski definition) is 0. The fraction of sp³-hybridized carbons (Fsp3) is 0.318. The molecule has 0 atom stereocenters. The van der Waals surface area contributed by atoms with Crippen molar-refractivity contribution in [1.29, 1.82) is 0 Å². The van der Waals surface area contributed by atoms with E-state index in [2.05, 4.69) is 10.1 Å². The number of rotatable bonds is 6. The number of hydrogen-bond acceptors (Lipinski definition) is 4. The van der Waals surface area contributed by atoms with Crippen molar-refractivity contribution in [3.05, 3.63) is 71.1 Å². The second kappa shape index (κ2) is 8.69. The lowest BCUT2D eigenvalue weighted by Gasteiger charge is -2.26. The van der Waals surface area contributed by atoms with E-state index >= 15 is 0 Å². The molecule has 158 valence electrons. The summed E-state index contributed by atoms with van der Waals surface area (Å²) < 4.78 is 43.9. The third-order valence-corrected chi connectivity index (χ3v) is 4.67. The fourth-order valence-corrected chi connectivity index (χ4v) is 2.98. The molecule has 8 heteroatoms. The van der Waals surface area contributed by atoms with Crippen LogP contribution in [0.3, 0.4) is 0 Å². The molecule has 1 heterocycles. The van der Waals surface area contributed by atoms with Gasteiger partial charge in [0.2, 0.25) is 11.7 Å². The summed E-state index contributed by atoms with van der Waals surface area (Å²) in [4.78, 5) is 18.7. The van der Waals surface area contributed by atoms with Gasteiger partial charge in [0.05, 0.1) is 5.56 Å². The van der Waals surface area contributed by atoms with Gasteiger partial charge in [0, 0.05) is 30.1 Å². The van der Waals surface area contributed by atoms with Crippen molar-refractivity contribution >= 4 is 5.91 Å². The van der Waals surface area contributed by atoms with Gasteiger partial charge in [0.1, 0.15) is 0 Å². The van der Waals surface area contributed by atoms with Crippen LogP contribution < -0.4 is 0 Å². The molecule has 30 heavy (non-hydrogen) atoms. The van der Waals surface area contributed by atoms with E-state index in [-0.39, 0.29) is 29.2 Å². The molecule has 0 aliphatic rings. The van der Waals surface area contributed by atoms with Gasteiger partial charge in [0.25, 0.3) is 5.91 Å². The first-order chi connectivity index (χ1) is 14.1. The molecule has 0 aliphatic heterocycles. The molecule has 0 spiro atoms. The molecule has 0 saturated carbocycles. The number of benzene rings is 2. The van der Waals surface area contributed by atoms with Gasteiger partial charge in [-0.2, -0.15) is 18.2 Å². The van der Waals surface area contributed by atoms with Crippen LogP contribution in [-0.4, -0.2) is 33.5 Å². The largest absolute Gasteiger partial charge is 0.416 e. The Hall–Kier alpha value is -3.16. The Kier molecular flexibility index (Phi) is 6.24. The minimum Gasteiger partial charge on any atom is -0.339 e. The molecule has 3 aromatic rings. The second-order valence-electron chi connectivity index (χ2n) is 7.30. The second-order valence-corrected chi connectivity index (χ2v) is 7.30. The average molecular weight is 417 g/mol. The lowest BCUT2D eigenvalue weighted by molar-refractivity contribution is -0.137. The molecular formula is C22H22F3N3O2. The topological polar surface area (TPSA) is 59.2 Å². The molecule has 0 radical (unpaired) electrons. The molecular weight excluding hydrogens is 395 g/mol. The number of amides is 1. The molecule has 5 nitrogen and oxygen atoms in total. The lowest BCUT2D eigenvalue weighted by atomic mass is 10.1. The van der Waals surface area contributed by atoms with Gasteiger partial charge in [-0.15, -0.1) is 0 Å². The predicted octanol–water partition coefficient (Wildman–Crippen LogP) is 5.16. The van der Waals surface area contributed by atoms with Gasteiger partial charge in [-0.3, -0.25) is 4.79 Å². The Morgan fingerprint density at radius 1 is 1.13 bits per heavy atom. The predicted molar refractivity (Wildman–Crippen MR) is 106 cm³/mol. The van der Waals surface area contributed by atoms with Crippen LogP contribution in [0.25, 0.3) is 11.4 Å². The van der Waals surface area contributed by atoms with Crippen LogP contribution in [-0.2, 0) is 12.6 Å². The number of aryl methyl sites for hydroxylation is 1. The Labute approximate surface area is 172 Å². The van der Waals surface area contributed by atoms with Crippen LogP contribution in [0.4, 0.5) is 13.2 Å². The lowest BCUT2D eigenvalue weighted by Crippen LogP contribution is -2.38. The molecule has 0 saturated heterocycles. The number of carbonyl (C=O) groups excluding carboxylic acids is 1. The minimum absolute atomic E-state index is 0.0512.